The molecule has 0 aliphatic rings. The lowest BCUT2D eigenvalue weighted by Gasteiger charge is -2.22. The van der Waals surface area contributed by atoms with Crippen LogP contribution in [0.25, 0.3) is 0 Å². The van der Waals surface area contributed by atoms with Gasteiger partial charge in [0.1, 0.15) is 0 Å². The average molecular weight is 340 g/mol. The number of sulfone groups is 1. The Kier molecular flexibility index (Phi) is 7.26. The van der Waals surface area contributed by atoms with Gasteiger partial charge < -0.3 is 4.74 Å². The third-order valence-electron chi connectivity index (χ3n) is 4.14. The highest BCUT2D eigenvalue weighted by Crippen LogP contribution is 2.35. The first-order valence-corrected chi connectivity index (χ1v) is 10.1. The first-order chi connectivity index (χ1) is 10.8. The normalized spacial score (nSPS) is 12.9. The maximum Gasteiger partial charge on any atom is 0.338 e. The molecule has 1 aromatic carbocycles. The Morgan fingerprint density at radius 1 is 1.17 bits per heavy atom. The summed E-state index contributed by atoms with van der Waals surface area (Å²) in [5, 5.41) is 0. The van der Waals surface area contributed by atoms with Crippen molar-refractivity contribution in [2.45, 2.75) is 63.7 Å². The lowest BCUT2D eigenvalue weighted by atomic mass is 9.88. The number of methoxy groups -OCH3 is 1. The van der Waals surface area contributed by atoms with Crippen molar-refractivity contribution in [1.29, 1.82) is 0 Å². The Morgan fingerprint density at radius 2 is 1.83 bits per heavy atom. The number of carbonyl (C=O) groups excluding carboxylic acids is 1. The minimum atomic E-state index is -3.43. The number of rotatable bonds is 8. The molecule has 0 fully saturated rings. The van der Waals surface area contributed by atoms with E-state index in [4.69, 9.17) is 4.74 Å². The van der Waals surface area contributed by atoms with Crippen LogP contribution < -0.4 is 0 Å². The molecule has 4 nitrogen and oxygen atoms in total. The van der Waals surface area contributed by atoms with Crippen LogP contribution in [0.1, 0.15) is 73.9 Å². The van der Waals surface area contributed by atoms with E-state index in [1.165, 1.54) is 13.4 Å². The molecule has 0 heterocycles. The largest absolute Gasteiger partial charge is 0.465 e. The fraction of sp³-hybridized carbons (Fsp3) is 0.611. The zero-order chi connectivity index (χ0) is 17.6. The molecule has 0 saturated heterocycles. The van der Waals surface area contributed by atoms with E-state index in [-0.39, 0.29) is 5.92 Å². The fourth-order valence-corrected chi connectivity index (χ4v) is 4.46. The smallest absolute Gasteiger partial charge is 0.338 e. The summed E-state index contributed by atoms with van der Waals surface area (Å²) in [7, 11) is -2.11. The van der Waals surface area contributed by atoms with Gasteiger partial charge in [0.05, 0.1) is 17.6 Å². The predicted molar refractivity (Wildman–Crippen MR) is 92.8 cm³/mol. The van der Waals surface area contributed by atoms with E-state index in [1.807, 2.05) is 6.92 Å². The molecule has 0 amide bonds. The van der Waals surface area contributed by atoms with E-state index in [0.717, 1.165) is 31.2 Å². The van der Waals surface area contributed by atoms with Gasteiger partial charge in [0.25, 0.3) is 0 Å². The van der Waals surface area contributed by atoms with Crippen molar-refractivity contribution in [3.05, 3.63) is 28.8 Å². The fourth-order valence-electron chi connectivity index (χ4n) is 3.13. The lowest BCUT2D eigenvalue weighted by molar-refractivity contribution is 0.0599. The standard InChI is InChI=1S/C18H28O4S/c1-6-9-13(8-3)14-11-12-16(18(19)22-4)15(10-7-2)17(14)23(5,20)21/h11-13H,6-10H2,1-5H3. The van der Waals surface area contributed by atoms with E-state index in [0.29, 0.717) is 22.4 Å². The number of esters is 1. The van der Waals surface area contributed by atoms with E-state index in [9.17, 15) is 13.2 Å². The second-order valence-electron chi connectivity index (χ2n) is 5.92. The minimum absolute atomic E-state index is 0.187. The Hall–Kier alpha value is -1.36. The van der Waals surface area contributed by atoms with Gasteiger partial charge >= 0.3 is 5.97 Å². The molecule has 0 aromatic heterocycles. The molecular formula is C18H28O4S. The van der Waals surface area contributed by atoms with Gasteiger partial charge in [-0.3, -0.25) is 0 Å². The van der Waals surface area contributed by atoms with E-state index >= 15 is 0 Å². The lowest BCUT2D eigenvalue weighted by Crippen LogP contribution is -2.15. The first-order valence-electron chi connectivity index (χ1n) is 8.25. The third-order valence-corrected chi connectivity index (χ3v) is 5.36. The molecule has 0 bridgehead atoms. The Labute approximate surface area is 140 Å². The van der Waals surface area contributed by atoms with Crippen LogP contribution in [-0.2, 0) is 21.0 Å². The van der Waals surface area contributed by atoms with Crippen LogP contribution in [0.5, 0.6) is 0 Å². The second-order valence-corrected chi connectivity index (χ2v) is 7.87. The second kappa shape index (κ2) is 8.48. The highest BCUT2D eigenvalue weighted by atomic mass is 32.2. The molecule has 0 aliphatic heterocycles. The molecule has 1 atom stereocenters. The van der Waals surface area contributed by atoms with Crippen LogP contribution in [-0.4, -0.2) is 27.8 Å². The maximum absolute atomic E-state index is 12.5. The molecular weight excluding hydrogens is 312 g/mol. The van der Waals surface area contributed by atoms with Crippen LogP contribution in [0.15, 0.2) is 17.0 Å². The molecule has 0 aliphatic carbocycles. The first kappa shape index (κ1) is 19.7. The van der Waals surface area contributed by atoms with Crippen LogP contribution in [0.3, 0.4) is 0 Å². The molecule has 1 unspecified atom stereocenters. The summed E-state index contributed by atoms with van der Waals surface area (Å²) in [6.07, 6.45) is 5.33. The van der Waals surface area contributed by atoms with Gasteiger partial charge in [-0.05, 0) is 42.4 Å². The van der Waals surface area contributed by atoms with Crippen LogP contribution in [0, 0.1) is 0 Å². The summed E-state index contributed by atoms with van der Waals surface area (Å²) < 4.78 is 29.8. The quantitative estimate of drug-likeness (QED) is 0.668. The monoisotopic (exact) mass is 340 g/mol. The summed E-state index contributed by atoms with van der Waals surface area (Å²) in [5.74, 6) is -0.291. The average Bonchev–Trinajstić information content (AvgIpc) is 2.50. The molecule has 0 saturated carbocycles. The molecule has 0 radical (unpaired) electrons. The summed E-state index contributed by atoms with van der Waals surface area (Å²) in [6.45, 7) is 6.14. The van der Waals surface area contributed by atoms with Gasteiger partial charge in [-0.1, -0.05) is 39.7 Å². The third kappa shape index (κ3) is 4.56. The molecule has 23 heavy (non-hydrogen) atoms. The number of ether oxygens (including phenoxy) is 1. The molecule has 1 aromatic rings. The SMILES string of the molecule is CCCc1c(C(=O)OC)ccc(C(CC)CCC)c1S(C)(=O)=O. The number of hydrogen-bond acceptors (Lipinski definition) is 4. The Morgan fingerprint density at radius 3 is 2.26 bits per heavy atom. The van der Waals surface area contributed by atoms with Gasteiger partial charge in [-0.15, -0.1) is 0 Å². The molecule has 130 valence electrons. The highest BCUT2D eigenvalue weighted by molar-refractivity contribution is 7.90. The number of benzene rings is 1. The van der Waals surface area contributed by atoms with E-state index in [2.05, 4.69) is 13.8 Å². The van der Waals surface area contributed by atoms with Crippen molar-refractivity contribution in [1.82, 2.24) is 0 Å². The maximum atomic E-state index is 12.5. The van der Waals surface area contributed by atoms with Gasteiger partial charge in [0.2, 0.25) is 0 Å². The summed E-state index contributed by atoms with van der Waals surface area (Å²) in [6, 6.07) is 3.52. The summed E-state index contributed by atoms with van der Waals surface area (Å²) in [4.78, 5) is 12.4. The summed E-state index contributed by atoms with van der Waals surface area (Å²) in [5.41, 5.74) is 1.81. The van der Waals surface area contributed by atoms with Crippen molar-refractivity contribution >= 4 is 15.8 Å². The molecule has 5 heteroatoms. The van der Waals surface area contributed by atoms with Crippen molar-refractivity contribution in [2.24, 2.45) is 0 Å². The van der Waals surface area contributed by atoms with Crippen LogP contribution in [0.4, 0.5) is 0 Å². The van der Waals surface area contributed by atoms with Crippen molar-refractivity contribution in [3.63, 3.8) is 0 Å². The van der Waals surface area contributed by atoms with Crippen LogP contribution >= 0.6 is 0 Å². The number of carbonyl (C=O) groups is 1. The summed E-state index contributed by atoms with van der Waals surface area (Å²) >= 11 is 0. The highest BCUT2D eigenvalue weighted by Gasteiger charge is 2.26. The molecule has 0 spiro atoms. The Bertz CT molecular complexity index is 647. The van der Waals surface area contributed by atoms with Crippen molar-refractivity contribution in [3.8, 4) is 0 Å². The van der Waals surface area contributed by atoms with Crippen LogP contribution in [0.2, 0.25) is 0 Å². The number of hydrogen-bond donors (Lipinski definition) is 0. The van der Waals surface area contributed by atoms with Gasteiger partial charge in [-0.2, -0.15) is 0 Å². The Balaban J connectivity index is 3.73. The predicted octanol–water partition coefficient (Wildman–Crippen LogP) is 4.12. The molecule has 0 N–H and O–H groups in total. The minimum Gasteiger partial charge on any atom is -0.465 e. The zero-order valence-electron chi connectivity index (χ0n) is 14.8. The van der Waals surface area contributed by atoms with E-state index in [1.54, 1.807) is 12.1 Å². The van der Waals surface area contributed by atoms with Crippen molar-refractivity contribution in [2.75, 3.05) is 13.4 Å². The van der Waals surface area contributed by atoms with Gasteiger partial charge in [0, 0.05) is 6.26 Å². The topological polar surface area (TPSA) is 60.4 Å². The van der Waals surface area contributed by atoms with Gasteiger partial charge in [-0.25, -0.2) is 13.2 Å². The molecule has 1 rings (SSSR count). The van der Waals surface area contributed by atoms with Crippen molar-refractivity contribution < 1.29 is 17.9 Å². The zero-order valence-corrected chi connectivity index (χ0v) is 15.6. The van der Waals surface area contributed by atoms with Gasteiger partial charge in [0.15, 0.2) is 9.84 Å². The van der Waals surface area contributed by atoms with E-state index < -0.39 is 15.8 Å².